The molecule has 0 N–H and O–H groups in total. The third-order valence-electron chi connectivity index (χ3n) is 2.55. The van der Waals surface area contributed by atoms with E-state index in [1.54, 1.807) is 12.3 Å². The Morgan fingerprint density at radius 3 is 3.06 bits per heavy atom. The van der Waals surface area contributed by atoms with Gasteiger partial charge in [-0.25, -0.2) is 15.1 Å². The summed E-state index contributed by atoms with van der Waals surface area (Å²) in [7, 11) is 0. The number of amidine groups is 1. The molecule has 0 amide bonds. The van der Waals surface area contributed by atoms with Gasteiger partial charge in [0.1, 0.15) is 5.15 Å². The lowest BCUT2D eigenvalue weighted by Gasteiger charge is -2.16. The highest BCUT2D eigenvalue weighted by Crippen LogP contribution is 2.16. The van der Waals surface area contributed by atoms with Gasteiger partial charge in [0, 0.05) is 25.7 Å². The summed E-state index contributed by atoms with van der Waals surface area (Å²) in [4.78, 5) is 16.2. The fraction of sp³-hybridized carbons (Fsp3) is 0.400. The van der Waals surface area contributed by atoms with Crippen LogP contribution in [-0.4, -0.2) is 27.3 Å². The van der Waals surface area contributed by atoms with E-state index in [0.717, 1.165) is 18.5 Å². The van der Waals surface area contributed by atoms with Crippen molar-refractivity contribution in [3.63, 3.8) is 0 Å². The lowest BCUT2D eigenvalue weighted by molar-refractivity contribution is -0.485. The van der Waals surface area contributed by atoms with Gasteiger partial charge in [0.2, 0.25) is 0 Å². The second-order valence-corrected chi connectivity index (χ2v) is 4.16. The largest absolute Gasteiger partial charge is 0.351 e. The molecule has 6 nitrogen and oxygen atoms in total. The number of likely N-dealkylation sites (tertiary alicyclic amines) is 1. The van der Waals surface area contributed by atoms with E-state index in [9.17, 15) is 10.1 Å². The van der Waals surface area contributed by atoms with Crippen LogP contribution in [0.25, 0.3) is 0 Å². The molecule has 1 fully saturated rings. The van der Waals surface area contributed by atoms with Gasteiger partial charge in [-0.05, 0) is 18.1 Å². The first-order chi connectivity index (χ1) is 8.15. The van der Waals surface area contributed by atoms with Gasteiger partial charge in [-0.15, -0.1) is 0 Å². The van der Waals surface area contributed by atoms with Crippen LogP contribution in [0.3, 0.4) is 0 Å². The highest BCUT2D eigenvalue weighted by molar-refractivity contribution is 6.29. The molecule has 7 heteroatoms. The maximum absolute atomic E-state index is 10.4. The number of nitro groups is 1. The van der Waals surface area contributed by atoms with Crippen molar-refractivity contribution >= 4 is 17.4 Å². The Balaban J connectivity index is 2.07. The minimum absolute atomic E-state index is 0.439. The topological polar surface area (TPSA) is 71.6 Å². The minimum atomic E-state index is -0.645. The molecule has 0 aliphatic carbocycles. The van der Waals surface area contributed by atoms with Gasteiger partial charge in [0.05, 0.1) is 5.10 Å². The zero-order chi connectivity index (χ0) is 12.3. The average molecular weight is 255 g/mol. The van der Waals surface area contributed by atoms with Crippen LogP contribution in [0, 0.1) is 10.1 Å². The fourth-order valence-electron chi connectivity index (χ4n) is 1.81. The Morgan fingerprint density at radius 1 is 1.59 bits per heavy atom. The Hall–Kier alpha value is -1.69. The molecule has 0 saturated carbocycles. The molecule has 1 aliphatic rings. The van der Waals surface area contributed by atoms with Crippen molar-refractivity contribution in [3.8, 4) is 0 Å². The van der Waals surface area contributed by atoms with E-state index in [2.05, 4.69) is 10.1 Å². The number of rotatable bonds is 3. The second-order valence-electron chi connectivity index (χ2n) is 3.77. The van der Waals surface area contributed by atoms with Gasteiger partial charge in [-0.1, -0.05) is 17.7 Å². The van der Waals surface area contributed by atoms with Crippen LogP contribution in [0.15, 0.2) is 23.4 Å². The van der Waals surface area contributed by atoms with Crippen molar-refractivity contribution in [2.45, 2.75) is 19.4 Å². The van der Waals surface area contributed by atoms with Gasteiger partial charge in [0.25, 0.3) is 0 Å². The molecule has 1 aliphatic heterocycles. The molecule has 0 spiro atoms. The van der Waals surface area contributed by atoms with Gasteiger partial charge in [-0.2, -0.15) is 0 Å². The van der Waals surface area contributed by atoms with Gasteiger partial charge in [-0.3, -0.25) is 0 Å². The normalized spacial score (nSPS) is 17.7. The van der Waals surface area contributed by atoms with Gasteiger partial charge < -0.3 is 4.90 Å². The summed E-state index contributed by atoms with van der Waals surface area (Å²) >= 11 is 5.69. The van der Waals surface area contributed by atoms with Crippen LogP contribution in [-0.2, 0) is 6.54 Å². The Kier molecular flexibility index (Phi) is 3.53. The fourth-order valence-corrected chi connectivity index (χ4v) is 1.93. The minimum Gasteiger partial charge on any atom is -0.351 e. The SMILES string of the molecule is O=[N+]([O-])/N=C1/CCCN1Cc1ccc(Cl)nc1. The summed E-state index contributed by atoms with van der Waals surface area (Å²) in [6.45, 7) is 1.37. The smallest absolute Gasteiger partial charge is 0.192 e. The van der Waals surface area contributed by atoms with E-state index in [0.29, 0.717) is 24.0 Å². The molecule has 0 atom stereocenters. The van der Waals surface area contributed by atoms with E-state index in [-0.39, 0.29) is 0 Å². The van der Waals surface area contributed by atoms with Crippen LogP contribution < -0.4 is 0 Å². The van der Waals surface area contributed by atoms with E-state index in [4.69, 9.17) is 11.6 Å². The summed E-state index contributed by atoms with van der Waals surface area (Å²) in [6.07, 6.45) is 3.22. The summed E-state index contributed by atoms with van der Waals surface area (Å²) in [6, 6.07) is 3.56. The number of hydrogen-bond donors (Lipinski definition) is 0. The third-order valence-corrected chi connectivity index (χ3v) is 2.78. The first-order valence-electron chi connectivity index (χ1n) is 5.22. The number of pyridine rings is 1. The highest BCUT2D eigenvalue weighted by atomic mass is 35.5. The lowest BCUT2D eigenvalue weighted by atomic mass is 10.3. The molecular formula is C10H11ClN4O2. The standard InChI is InChI=1S/C10H11ClN4O2/c11-9-4-3-8(6-12-9)7-14-5-1-2-10(14)13-15(16)17/h3-4,6H,1-2,5,7H2/b13-10-. The zero-order valence-electron chi connectivity index (χ0n) is 9.04. The van der Waals surface area contributed by atoms with Crippen LogP contribution >= 0.6 is 11.6 Å². The maximum Gasteiger partial charge on any atom is 0.192 e. The van der Waals surface area contributed by atoms with Crippen LogP contribution in [0.2, 0.25) is 5.15 Å². The molecule has 1 aromatic rings. The molecule has 1 aromatic heterocycles. The van der Waals surface area contributed by atoms with Crippen molar-refractivity contribution < 1.29 is 5.03 Å². The lowest BCUT2D eigenvalue weighted by Crippen LogP contribution is -2.25. The van der Waals surface area contributed by atoms with E-state index < -0.39 is 5.03 Å². The number of aromatic nitrogens is 1. The van der Waals surface area contributed by atoms with Crippen LogP contribution in [0.1, 0.15) is 18.4 Å². The molecule has 2 rings (SSSR count). The Bertz CT molecular complexity index is 446. The predicted octanol–water partition coefficient (Wildman–Crippen LogP) is 1.92. The van der Waals surface area contributed by atoms with Crippen molar-refractivity contribution in [1.82, 2.24) is 9.88 Å². The maximum atomic E-state index is 10.4. The van der Waals surface area contributed by atoms with Gasteiger partial charge in [0.15, 0.2) is 10.9 Å². The molecule has 1 saturated heterocycles. The first-order valence-corrected chi connectivity index (χ1v) is 5.60. The molecule has 0 aromatic carbocycles. The van der Waals surface area contributed by atoms with Crippen molar-refractivity contribution in [2.24, 2.45) is 5.10 Å². The Labute approximate surface area is 103 Å². The van der Waals surface area contributed by atoms with Crippen LogP contribution in [0.5, 0.6) is 0 Å². The van der Waals surface area contributed by atoms with E-state index >= 15 is 0 Å². The first kappa shape index (κ1) is 11.8. The van der Waals surface area contributed by atoms with E-state index in [1.165, 1.54) is 0 Å². The zero-order valence-corrected chi connectivity index (χ0v) is 9.80. The molecule has 0 bridgehead atoms. The second kappa shape index (κ2) is 5.09. The van der Waals surface area contributed by atoms with Crippen molar-refractivity contribution in [1.29, 1.82) is 0 Å². The summed E-state index contributed by atoms with van der Waals surface area (Å²) < 4.78 is 0. The molecule has 0 radical (unpaired) electrons. The highest BCUT2D eigenvalue weighted by Gasteiger charge is 2.21. The Morgan fingerprint density at radius 2 is 2.41 bits per heavy atom. The molecule has 17 heavy (non-hydrogen) atoms. The summed E-state index contributed by atoms with van der Waals surface area (Å²) in [5.74, 6) is 0.532. The quantitative estimate of drug-likeness (QED) is 0.469. The molecule has 0 unspecified atom stereocenters. The number of halogens is 1. The molecule has 2 heterocycles. The number of nitrogens with zero attached hydrogens (tertiary/aromatic N) is 4. The van der Waals surface area contributed by atoms with Crippen LogP contribution in [0.4, 0.5) is 0 Å². The average Bonchev–Trinajstić information content (AvgIpc) is 2.68. The number of hydrogen-bond acceptors (Lipinski definition) is 3. The van der Waals surface area contributed by atoms with Crippen molar-refractivity contribution in [2.75, 3.05) is 6.54 Å². The number of hydrazone groups is 1. The third kappa shape index (κ3) is 3.13. The molecular weight excluding hydrogens is 244 g/mol. The van der Waals surface area contributed by atoms with E-state index in [1.807, 2.05) is 11.0 Å². The monoisotopic (exact) mass is 254 g/mol. The predicted molar refractivity (Wildman–Crippen MR) is 63.3 cm³/mol. The van der Waals surface area contributed by atoms with Crippen molar-refractivity contribution in [3.05, 3.63) is 39.2 Å². The summed E-state index contributed by atoms with van der Waals surface area (Å²) in [5.41, 5.74) is 0.965. The summed E-state index contributed by atoms with van der Waals surface area (Å²) in [5, 5.41) is 13.5. The van der Waals surface area contributed by atoms with Gasteiger partial charge >= 0.3 is 0 Å². The molecule has 90 valence electrons.